The van der Waals surface area contributed by atoms with Crippen molar-refractivity contribution in [3.63, 3.8) is 0 Å². The minimum Gasteiger partial charge on any atom is -0.372 e. The molecule has 0 aromatic heterocycles. The second-order valence-corrected chi connectivity index (χ2v) is 21.8. The van der Waals surface area contributed by atoms with Gasteiger partial charge in [0, 0.05) is 27.6 Å². The standard InChI is InChI=1S/C17H19OS.C16H17O2S.C16H17OS/c18-17(13-19-10-4-1-5-11-19)16-9-8-14-6-2-3-7-15(14)12-16;17-16(12-19-9-7-18-8-10-19)15-6-5-13-3-1-2-4-14(13)11-15;17-16(12-18-9-3-4-10-18)15-8-7-13-5-1-2-6-14(13)11-15/h2-3,6-9,12H,1,4-5,10-11,13H2;1-6,11H,7-10,12H2;1-2,5-8,11H,3-4,9-10,12H2/q3*+1. The minimum absolute atomic E-state index is 0.217. The van der Waals surface area contributed by atoms with Gasteiger partial charge in [-0.25, -0.2) is 0 Å². The van der Waals surface area contributed by atoms with Gasteiger partial charge in [-0.1, -0.05) is 109 Å². The van der Waals surface area contributed by atoms with Crippen LogP contribution in [0.5, 0.6) is 0 Å². The average molecular weight is 802 g/mol. The summed E-state index contributed by atoms with van der Waals surface area (Å²) in [5, 5.41) is 7.08. The Morgan fingerprint density at radius 3 is 1.04 bits per heavy atom. The van der Waals surface area contributed by atoms with Gasteiger partial charge in [-0.3, -0.25) is 14.4 Å². The lowest BCUT2D eigenvalue weighted by Crippen LogP contribution is -2.31. The van der Waals surface area contributed by atoms with Crippen molar-refractivity contribution in [3.8, 4) is 0 Å². The van der Waals surface area contributed by atoms with Crippen LogP contribution in [0.3, 0.4) is 0 Å². The van der Waals surface area contributed by atoms with E-state index in [1.807, 2.05) is 78.9 Å². The summed E-state index contributed by atoms with van der Waals surface area (Å²) in [5.74, 6) is 10.3. The molecule has 3 aliphatic rings. The summed E-state index contributed by atoms with van der Waals surface area (Å²) >= 11 is 0. The lowest BCUT2D eigenvalue weighted by atomic mass is 10.1. The average Bonchev–Trinajstić information content (AvgIpc) is 3.77. The smallest absolute Gasteiger partial charge is 0.211 e. The predicted octanol–water partition coefficient (Wildman–Crippen LogP) is 9.93. The van der Waals surface area contributed by atoms with Crippen molar-refractivity contribution in [2.75, 3.05) is 65.0 Å². The van der Waals surface area contributed by atoms with Crippen LogP contribution in [0.4, 0.5) is 0 Å². The van der Waals surface area contributed by atoms with E-state index in [2.05, 4.69) is 48.5 Å². The number of hydrogen-bond acceptors (Lipinski definition) is 4. The Hall–Kier alpha value is -3.88. The highest BCUT2D eigenvalue weighted by Crippen LogP contribution is 2.21. The fraction of sp³-hybridized carbons (Fsp3) is 0.327. The van der Waals surface area contributed by atoms with E-state index in [0.717, 1.165) is 63.7 Å². The van der Waals surface area contributed by atoms with Crippen LogP contribution < -0.4 is 0 Å². The van der Waals surface area contributed by atoms with Gasteiger partial charge in [0.25, 0.3) is 0 Å². The van der Waals surface area contributed by atoms with Gasteiger partial charge in [0.2, 0.25) is 17.3 Å². The molecule has 0 bridgehead atoms. The van der Waals surface area contributed by atoms with Crippen LogP contribution in [0.1, 0.15) is 63.2 Å². The van der Waals surface area contributed by atoms with Crippen molar-refractivity contribution in [2.45, 2.75) is 32.1 Å². The molecule has 0 radical (unpaired) electrons. The predicted molar refractivity (Wildman–Crippen MR) is 245 cm³/mol. The van der Waals surface area contributed by atoms with Crippen molar-refractivity contribution in [1.82, 2.24) is 0 Å². The number of ketones is 3. The zero-order valence-corrected chi connectivity index (χ0v) is 34.7. The number of ether oxygens (including phenoxy) is 1. The molecule has 3 heterocycles. The molecule has 0 aliphatic carbocycles. The van der Waals surface area contributed by atoms with E-state index in [9.17, 15) is 14.4 Å². The Morgan fingerprint density at radius 2 is 0.679 bits per heavy atom. The van der Waals surface area contributed by atoms with Crippen molar-refractivity contribution in [1.29, 1.82) is 0 Å². The molecular weight excluding hydrogens is 749 g/mol. The first-order chi connectivity index (χ1) is 27.5. The van der Waals surface area contributed by atoms with Gasteiger partial charge < -0.3 is 4.74 Å². The maximum Gasteiger partial charge on any atom is 0.211 e. The molecule has 0 spiro atoms. The quantitative estimate of drug-likeness (QED) is 0.108. The molecule has 56 heavy (non-hydrogen) atoms. The Bertz CT molecular complexity index is 2140. The zero-order chi connectivity index (χ0) is 38.5. The normalized spacial score (nSPS) is 16.5. The number of fused-ring (bicyclic) bond motifs is 3. The Kier molecular flexibility index (Phi) is 14.8. The summed E-state index contributed by atoms with van der Waals surface area (Å²) < 4.78 is 5.34. The fourth-order valence-corrected chi connectivity index (χ4v) is 13.7. The maximum atomic E-state index is 12.4. The molecule has 9 rings (SSSR count). The van der Waals surface area contributed by atoms with Crippen LogP contribution >= 0.6 is 0 Å². The van der Waals surface area contributed by atoms with E-state index in [0.29, 0.717) is 39.1 Å². The zero-order valence-electron chi connectivity index (χ0n) is 32.3. The highest BCUT2D eigenvalue weighted by Gasteiger charge is 2.28. The Balaban J connectivity index is 0.000000129. The Morgan fingerprint density at radius 1 is 0.375 bits per heavy atom. The number of benzene rings is 6. The molecule has 3 aliphatic heterocycles. The van der Waals surface area contributed by atoms with Crippen molar-refractivity contribution in [3.05, 3.63) is 144 Å². The topological polar surface area (TPSA) is 60.4 Å². The molecule has 0 unspecified atom stereocenters. The summed E-state index contributed by atoms with van der Waals surface area (Å²) in [7, 11) is 0.917. The highest BCUT2D eigenvalue weighted by molar-refractivity contribution is 7.98. The van der Waals surface area contributed by atoms with Gasteiger partial charge in [0.05, 0.1) is 13.2 Å². The molecule has 0 N–H and O–H groups in total. The van der Waals surface area contributed by atoms with E-state index in [-0.39, 0.29) is 16.7 Å². The van der Waals surface area contributed by atoms with E-state index >= 15 is 0 Å². The first-order valence-electron chi connectivity index (χ1n) is 20.0. The van der Waals surface area contributed by atoms with Crippen LogP contribution in [0.15, 0.2) is 127 Å². The molecule has 6 aromatic carbocycles. The second-order valence-electron chi connectivity index (χ2n) is 14.8. The molecule has 0 atom stereocenters. The highest BCUT2D eigenvalue weighted by atomic mass is 32.2. The first-order valence-corrected chi connectivity index (χ1v) is 25.2. The third-order valence-corrected chi connectivity index (χ3v) is 17.7. The van der Waals surface area contributed by atoms with E-state index in [1.54, 1.807) is 0 Å². The molecule has 4 nitrogen and oxygen atoms in total. The monoisotopic (exact) mass is 801 g/mol. The summed E-state index contributed by atoms with van der Waals surface area (Å²) in [4.78, 5) is 36.9. The lowest BCUT2D eigenvalue weighted by Gasteiger charge is -2.13. The number of hydrogen-bond donors (Lipinski definition) is 0. The Labute approximate surface area is 340 Å². The lowest BCUT2D eigenvalue weighted by molar-refractivity contribution is 0.101. The van der Waals surface area contributed by atoms with E-state index in [4.69, 9.17) is 4.74 Å². The third kappa shape index (κ3) is 11.4. The van der Waals surface area contributed by atoms with Gasteiger partial charge in [0.1, 0.15) is 34.5 Å². The largest absolute Gasteiger partial charge is 0.372 e. The molecule has 0 amide bonds. The molecule has 0 saturated carbocycles. The SMILES string of the molecule is O=C(C[S+]1CCCC1)c1ccc2ccccc2c1.O=C(C[S+]1CCCCC1)c1ccc2ccccc2c1.O=C(C[S+]1CCOCC1)c1ccc2ccccc2c1. The van der Waals surface area contributed by atoms with Gasteiger partial charge in [-0.2, -0.15) is 0 Å². The van der Waals surface area contributed by atoms with Gasteiger partial charge in [-0.05, 0) is 104 Å². The third-order valence-electron chi connectivity index (χ3n) is 10.7. The minimum atomic E-state index is 0.217. The second kappa shape index (κ2) is 20.5. The van der Waals surface area contributed by atoms with Crippen LogP contribution in [0.2, 0.25) is 0 Å². The van der Waals surface area contributed by atoms with Crippen molar-refractivity contribution >= 4 is 82.4 Å². The summed E-state index contributed by atoms with van der Waals surface area (Å²) in [5.41, 5.74) is 2.61. The van der Waals surface area contributed by atoms with E-state index in [1.165, 1.54) is 76.7 Å². The summed E-state index contributed by atoms with van der Waals surface area (Å²) in [6, 6.07) is 42.8. The van der Waals surface area contributed by atoms with Crippen LogP contribution in [0.25, 0.3) is 32.3 Å². The van der Waals surface area contributed by atoms with Crippen molar-refractivity contribution < 1.29 is 19.1 Å². The van der Waals surface area contributed by atoms with Crippen molar-refractivity contribution in [2.24, 2.45) is 0 Å². The fourth-order valence-electron chi connectivity index (χ4n) is 7.49. The van der Waals surface area contributed by atoms with Gasteiger partial charge in [0.15, 0.2) is 17.3 Å². The number of carbonyl (C=O) groups excluding carboxylic acids is 3. The van der Waals surface area contributed by atoms with Gasteiger partial charge >= 0.3 is 0 Å². The molecule has 288 valence electrons. The number of carbonyl (C=O) groups is 3. The molecule has 6 aromatic rings. The van der Waals surface area contributed by atoms with Crippen LogP contribution in [-0.4, -0.2) is 82.3 Å². The van der Waals surface area contributed by atoms with Gasteiger partial charge in [-0.15, -0.1) is 0 Å². The number of rotatable bonds is 9. The van der Waals surface area contributed by atoms with Crippen LogP contribution in [-0.2, 0) is 37.4 Å². The molecular formula is C49H53O4S3+3. The molecule has 7 heteroatoms. The maximum absolute atomic E-state index is 12.4. The van der Waals surface area contributed by atoms with E-state index < -0.39 is 0 Å². The summed E-state index contributed by atoms with van der Waals surface area (Å²) in [6.45, 7) is 1.63. The summed E-state index contributed by atoms with van der Waals surface area (Å²) in [6.07, 6.45) is 6.61. The molecule has 3 fully saturated rings. The number of Topliss-reactive ketones (excluding diaryl/α,β-unsaturated/α-hetero) is 3. The first kappa shape index (κ1) is 40.3. The molecule has 3 saturated heterocycles. The van der Waals surface area contributed by atoms with Crippen LogP contribution in [0, 0.1) is 0 Å².